The predicted molar refractivity (Wildman–Crippen MR) is 184 cm³/mol. The summed E-state index contributed by atoms with van der Waals surface area (Å²) in [6.45, 7) is 0. The summed E-state index contributed by atoms with van der Waals surface area (Å²) in [7, 11) is 0. The lowest BCUT2D eigenvalue weighted by atomic mass is 10.0. The van der Waals surface area contributed by atoms with E-state index in [1.165, 1.54) is 43.5 Å². The van der Waals surface area contributed by atoms with Crippen molar-refractivity contribution < 1.29 is 0 Å². The maximum absolute atomic E-state index is 5.22. The van der Waals surface area contributed by atoms with Gasteiger partial charge in [-0.1, -0.05) is 109 Å². The Balaban J connectivity index is 1.34. The van der Waals surface area contributed by atoms with E-state index in [2.05, 4.69) is 167 Å². The van der Waals surface area contributed by atoms with Gasteiger partial charge in [-0.2, -0.15) is 0 Å². The predicted octanol–water partition coefficient (Wildman–Crippen LogP) is 10.6. The van der Waals surface area contributed by atoms with Gasteiger partial charge in [0.1, 0.15) is 5.82 Å². The Morgan fingerprint density at radius 1 is 0.432 bits per heavy atom. The number of hydrogen-bond donors (Lipinski definition) is 0. The van der Waals surface area contributed by atoms with Crippen LogP contribution < -0.4 is 0 Å². The molecule has 0 saturated heterocycles. The van der Waals surface area contributed by atoms with E-state index < -0.39 is 0 Å². The molecule has 3 heteroatoms. The van der Waals surface area contributed by atoms with E-state index in [9.17, 15) is 0 Å². The number of nitrogens with zero attached hydrogens (tertiary/aromatic N) is 3. The fraction of sp³-hybridized carbons (Fsp3) is 0. The van der Waals surface area contributed by atoms with Crippen LogP contribution in [0.15, 0.2) is 164 Å². The van der Waals surface area contributed by atoms with Crippen LogP contribution in [0.25, 0.3) is 77.4 Å². The first-order valence-electron chi connectivity index (χ1n) is 15.0. The monoisotopic (exact) mass is 561 g/mol. The highest BCUT2D eigenvalue weighted by Gasteiger charge is 2.17. The molecule has 3 nitrogen and oxygen atoms in total. The summed E-state index contributed by atoms with van der Waals surface area (Å²) in [5, 5.41) is 6.14. The Morgan fingerprint density at radius 2 is 1.14 bits per heavy atom. The highest BCUT2D eigenvalue weighted by molar-refractivity contribution is 6.20. The Hall–Kier alpha value is -5.93. The van der Waals surface area contributed by atoms with E-state index in [4.69, 9.17) is 4.98 Å². The van der Waals surface area contributed by atoms with E-state index in [1.54, 1.807) is 0 Å². The lowest BCUT2D eigenvalue weighted by molar-refractivity contribution is 1.05. The molecule has 9 aromatic rings. The fourth-order valence-corrected chi connectivity index (χ4v) is 6.65. The first-order chi connectivity index (χ1) is 21.8. The van der Waals surface area contributed by atoms with Gasteiger partial charge in [0.05, 0.1) is 22.2 Å². The zero-order valence-electron chi connectivity index (χ0n) is 23.9. The number of benzene rings is 6. The van der Waals surface area contributed by atoms with Gasteiger partial charge in [-0.25, -0.2) is 4.98 Å². The van der Waals surface area contributed by atoms with Gasteiger partial charge in [-0.15, -0.1) is 0 Å². The normalized spacial score (nSPS) is 11.6. The SMILES string of the molecule is c1ccc(-c2cc(-c3ccccc3)nc(-n3ccc4cc5ccc6c7ccccc7n(-c7ccccc7)c6c5cc43)c2)cc1. The summed E-state index contributed by atoms with van der Waals surface area (Å²) >= 11 is 0. The van der Waals surface area contributed by atoms with Gasteiger partial charge in [0.15, 0.2) is 0 Å². The van der Waals surface area contributed by atoms with Crippen molar-refractivity contribution in [2.24, 2.45) is 0 Å². The minimum atomic E-state index is 0.898. The summed E-state index contributed by atoms with van der Waals surface area (Å²) in [5.74, 6) is 0.898. The van der Waals surface area contributed by atoms with Gasteiger partial charge in [-0.3, -0.25) is 0 Å². The molecule has 0 amide bonds. The van der Waals surface area contributed by atoms with E-state index in [1.807, 2.05) is 6.07 Å². The van der Waals surface area contributed by atoms with Crippen molar-refractivity contribution in [2.45, 2.75) is 0 Å². The fourth-order valence-electron chi connectivity index (χ4n) is 6.65. The van der Waals surface area contributed by atoms with E-state index in [0.717, 1.165) is 33.8 Å². The zero-order chi connectivity index (χ0) is 29.0. The zero-order valence-corrected chi connectivity index (χ0v) is 23.9. The van der Waals surface area contributed by atoms with Gasteiger partial charge in [0.25, 0.3) is 0 Å². The van der Waals surface area contributed by atoms with E-state index >= 15 is 0 Å². The standard InChI is InChI=1S/C41H27N3/c1-4-12-28(13-5-1)32-25-37(29-14-6-2-7-15-29)42-40(26-32)43-23-22-31-24-30-20-21-35-34-18-10-11-19-38(34)44(33-16-8-3-9-17-33)41(35)36(30)27-39(31)43/h1-27H. The first-order valence-corrected chi connectivity index (χ1v) is 15.0. The van der Waals surface area contributed by atoms with Crippen molar-refractivity contribution in [3.8, 4) is 33.9 Å². The molecular weight excluding hydrogens is 534 g/mol. The molecule has 0 saturated carbocycles. The van der Waals surface area contributed by atoms with Crippen molar-refractivity contribution in [3.63, 3.8) is 0 Å². The van der Waals surface area contributed by atoms with Gasteiger partial charge < -0.3 is 9.13 Å². The Morgan fingerprint density at radius 3 is 1.93 bits per heavy atom. The Kier molecular flexibility index (Phi) is 5.50. The molecule has 0 N–H and O–H groups in total. The van der Waals surface area contributed by atoms with E-state index in [-0.39, 0.29) is 0 Å². The van der Waals surface area contributed by atoms with Crippen molar-refractivity contribution in [2.75, 3.05) is 0 Å². The summed E-state index contributed by atoms with van der Waals surface area (Å²) in [4.78, 5) is 5.22. The van der Waals surface area contributed by atoms with Crippen LogP contribution in [0.3, 0.4) is 0 Å². The third-order valence-corrected chi connectivity index (χ3v) is 8.71. The van der Waals surface area contributed by atoms with Crippen LogP contribution in [0, 0.1) is 0 Å². The van der Waals surface area contributed by atoms with Crippen molar-refractivity contribution in [3.05, 3.63) is 164 Å². The topological polar surface area (TPSA) is 22.8 Å². The quantitative estimate of drug-likeness (QED) is 0.210. The smallest absolute Gasteiger partial charge is 0.138 e. The van der Waals surface area contributed by atoms with Crippen LogP contribution in [0.1, 0.15) is 0 Å². The molecule has 0 atom stereocenters. The molecule has 0 fully saturated rings. The van der Waals surface area contributed by atoms with Crippen molar-refractivity contribution >= 4 is 43.5 Å². The maximum atomic E-state index is 5.22. The average Bonchev–Trinajstić information content (AvgIpc) is 3.67. The molecule has 0 unspecified atom stereocenters. The molecule has 206 valence electrons. The number of fused-ring (bicyclic) bond motifs is 6. The highest BCUT2D eigenvalue weighted by Crippen LogP contribution is 2.38. The molecule has 0 radical (unpaired) electrons. The average molecular weight is 562 g/mol. The largest absolute Gasteiger partial charge is 0.309 e. The third-order valence-electron chi connectivity index (χ3n) is 8.71. The molecular formula is C41H27N3. The van der Waals surface area contributed by atoms with Crippen LogP contribution in [-0.2, 0) is 0 Å². The van der Waals surface area contributed by atoms with Crippen molar-refractivity contribution in [1.29, 1.82) is 0 Å². The molecule has 0 aliphatic heterocycles. The molecule has 0 aliphatic rings. The number of para-hydroxylation sites is 2. The molecule has 0 aliphatic carbocycles. The van der Waals surface area contributed by atoms with Gasteiger partial charge >= 0.3 is 0 Å². The Labute approximate surface area is 254 Å². The second kappa shape index (κ2) is 9.82. The molecule has 9 rings (SSSR count). The Bertz CT molecular complexity index is 2410. The van der Waals surface area contributed by atoms with Gasteiger partial charge in [0.2, 0.25) is 0 Å². The maximum Gasteiger partial charge on any atom is 0.138 e. The molecule has 0 bridgehead atoms. The first kappa shape index (κ1) is 24.6. The van der Waals surface area contributed by atoms with Gasteiger partial charge in [0, 0.05) is 39.0 Å². The van der Waals surface area contributed by atoms with Crippen molar-refractivity contribution in [1.82, 2.24) is 14.1 Å². The summed E-state index contributed by atoms with van der Waals surface area (Å²) < 4.78 is 4.65. The van der Waals surface area contributed by atoms with E-state index in [0.29, 0.717) is 0 Å². The lowest BCUT2D eigenvalue weighted by Gasteiger charge is -2.13. The lowest BCUT2D eigenvalue weighted by Crippen LogP contribution is -1.99. The summed E-state index contributed by atoms with van der Waals surface area (Å²) in [6.07, 6.45) is 2.15. The second-order valence-electron chi connectivity index (χ2n) is 11.3. The second-order valence-corrected chi connectivity index (χ2v) is 11.3. The number of rotatable bonds is 4. The highest BCUT2D eigenvalue weighted by atomic mass is 15.1. The van der Waals surface area contributed by atoms with Crippen LogP contribution in [0.4, 0.5) is 0 Å². The summed E-state index contributed by atoms with van der Waals surface area (Å²) in [6, 6.07) is 56.2. The number of pyridine rings is 1. The molecule has 44 heavy (non-hydrogen) atoms. The molecule has 6 aromatic carbocycles. The minimum absolute atomic E-state index is 0.898. The van der Waals surface area contributed by atoms with Crippen LogP contribution >= 0.6 is 0 Å². The molecule has 0 spiro atoms. The van der Waals surface area contributed by atoms with Crippen LogP contribution in [-0.4, -0.2) is 14.1 Å². The van der Waals surface area contributed by atoms with Crippen LogP contribution in [0.5, 0.6) is 0 Å². The summed E-state index contributed by atoms with van der Waals surface area (Å²) in [5.41, 5.74) is 9.09. The minimum Gasteiger partial charge on any atom is -0.309 e. The van der Waals surface area contributed by atoms with Gasteiger partial charge in [-0.05, 0) is 65.0 Å². The molecule has 3 aromatic heterocycles. The third kappa shape index (κ3) is 3.87. The van der Waals surface area contributed by atoms with Crippen LogP contribution in [0.2, 0.25) is 0 Å². The molecule has 3 heterocycles. The number of hydrogen-bond acceptors (Lipinski definition) is 1. The number of aromatic nitrogens is 3.